The largest absolute Gasteiger partial charge is 0.331 e. The van der Waals surface area contributed by atoms with Crippen molar-refractivity contribution in [2.75, 3.05) is 6.26 Å². The molecule has 0 N–H and O–H groups in total. The average molecular weight is 386 g/mol. The Morgan fingerprint density at radius 2 is 1.74 bits per heavy atom. The van der Waals surface area contributed by atoms with Crippen LogP contribution in [0.5, 0.6) is 0 Å². The Labute approximate surface area is 162 Å². The first-order chi connectivity index (χ1) is 12.7. The van der Waals surface area contributed by atoms with Gasteiger partial charge in [-0.25, -0.2) is 8.42 Å². The van der Waals surface area contributed by atoms with E-state index in [1.165, 1.54) is 17.9 Å². The topological polar surface area (TPSA) is 54.5 Å². The summed E-state index contributed by atoms with van der Waals surface area (Å²) in [6, 6.07) is 13.4. The van der Waals surface area contributed by atoms with Crippen LogP contribution in [0.1, 0.15) is 59.7 Å². The van der Waals surface area contributed by atoms with Crippen molar-refractivity contribution >= 4 is 15.7 Å². The highest BCUT2D eigenvalue weighted by Crippen LogP contribution is 2.31. The Bertz CT molecular complexity index is 942. The number of carbonyl (C=O) groups excluding carboxylic acids is 1. The highest BCUT2D eigenvalue weighted by atomic mass is 32.2. The molecule has 1 fully saturated rings. The van der Waals surface area contributed by atoms with Gasteiger partial charge in [-0.05, 0) is 54.5 Å². The summed E-state index contributed by atoms with van der Waals surface area (Å²) in [7, 11) is -3.35. The van der Waals surface area contributed by atoms with Crippen LogP contribution in [0.15, 0.2) is 47.4 Å². The lowest BCUT2D eigenvalue weighted by atomic mass is 10.0. The molecule has 1 saturated carbocycles. The molecule has 144 valence electrons. The van der Waals surface area contributed by atoms with E-state index >= 15 is 0 Å². The molecule has 0 saturated heterocycles. The van der Waals surface area contributed by atoms with Gasteiger partial charge in [-0.15, -0.1) is 0 Å². The summed E-state index contributed by atoms with van der Waals surface area (Å²) in [5, 5.41) is 0. The molecule has 0 heterocycles. The van der Waals surface area contributed by atoms with Gasteiger partial charge in [0, 0.05) is 24.4 Å². The van der Waals surface area contributed by atoms with E-state index in [2.05, 4.69) is 38.1 Å². The van der Waals surface area contributed by atoms with Crippen molar-refractivity contribution in [1.29, 1.82) is 0 Å². The standard InChI is InChI=1S/C22H27NO3S/c1-15(2)18-8-6-17(7-9-18)14-23(19-10-11-19)22(24)21-13-20(27(4,25)26)12-5-16(21)3/h5-9,12-13,15,19H,10-11,14H2,1-4H3. The van der Waals surface area contributed by atoms with E-state index in [0.29, 0.717) is 18.0 Å². The lowest BCUT2D eigenvalue weighted by molar-refractivity contribution is 0.0729. The van der Waals surface area contributed by atoms with Crippen LogP contribution in [0.4, 0.5) is 0 Å². The molecule has 2 aromatic rings. The number of aryl methyl sites for hydroxylation is 1. The Hall–Kier alpha value is -2.14. The monoisotopic (exact) mass is 385 g/mol. The van der Waals surface area contributed by atoms with Gasteiger partial charge in [0.15, 0.2) is 9.84 Å². The van der Waals surface area contributed by atoms with E-state index in [1.54, 1.807) is 12.1 Å². The maximum Gasteiger partial charge on any atom is 0.254 e. The summed E-state index contributed by atoms with van der Waals surface area (Å²) in [5.74, 6) is 0.384. The summed E-state index contributed by atoms with van der Waals surface area (Å²) < 4.78 is 23.8. The zero-order chi connectivity index (χ0) is 19.8. The van der Waals surface area contributed by atoms with Gasteiger partial charge in [-0.3, -0.25) is 4.79 Å². The summed E-state index contributed by atoms with van der Waals surface area (Å²) in [6.45, 7) is 6.71. The summed E-state index contributed by atoms with van der Waals surface area (Å²) in [4.78, 5) is 15.3. The van der Waals surface area contributed by atoms with E-state index in [0.717, 1.165) is 24.0 Å². The molecule has 0 aromatic heterocycles. The highest BCUT2D eigenvalue weighted by Gasteiger charge is 2.33. The van der Waals surface area contributed by atoms with E-state index < -0.39 is 9.84 Å². The SMILES string of the molecule is Cc1ccc(S(C)(=O)=O)cc1C(=O)N(Cc1ccc(C(C)C)cc1)C1CC1. The zero-order valence-corrected chi connectivity index (χ0v) is 17.2. The third-order valence-electron chi connectivity index (χ3n) is 5.12. The summed E-state index contributed by atoms with van der Waals surface area (Å²) in [5.41, 5.74) is 3.65. The second kappa shape index (κ2) is 7.47. The molecule has 27 heavy (non-hydrogen) atoms. The molecule has 1 aliphatic rings. The van der Waals surface area contributed by atoms with Crippen molar-refractivity contribution in [3.8, 4) is 0 Å². The van der Waals surface area contributed by atoms with Crippen LogP contribution in [-0.2, 0) is 16.4 Å². The fourth-order valence-corrected chi connectivity index (χ4v) is 3.82. The first-order valence-corrected chi connectivity index (χ1v) is 11.3. The molecular weight excluding hydrogens is 358 g/mol. The van der Waals surface area contributed by atoms with Crippen LogP contribution < -0.4 is 0 Å². The normalized spacial score (nSPS) is 14.4. The van der Waals surface area contributed by atoms with Crippen molar-refractivity contribution in [3.63, 3.8) is 0 Å². The second-order valence-electron chi connectivity index (χ2n) is 7.81. The van der Waals surface area contributed by atoms with Crippen LogP contribution in [-0.4, -0.2) is 31.5 Å². The summed E-state index contributed by atoms with van der Waals surface area (Å²) in [6.07, 6.45) is 3.17. The number of amides is 1. The number of carbonyl (C=O) groups is 1. The lowest BCUT2D eigenvalue weighted by Gasteiger charge is -2.24. The maximum absolute atomic E-state index is 13.2. The van der Waals surface area contributed by atoms with Gasteiger partial charge in [0.25, 0.3) is 5.91 Å². The third kappa shape index (κ3) is 4.59. The molecule has 4 nitrogen and oxygen atoms in total. The number of nitrogens with zero attached hydrogens (tertiary/aromatic N) is 1. The van der Waals surface area contributed by atoms with E-state index in [1.807, 2.05) is 11.8 Å². The van der Waals surface area contributed by atoms with Crippen molar-refractivity contribution < 1.29 is 13.2 Å². The van der Waals surface area contributed by atoms with Crippen LogP contribution in [0, 0.1) is 6.92 Å². The van der Waals surface area contributed by atoms with E-state index in [9.17, 15) is 13.2 Å². The molecular formula is C22H27NO3S. The fraction of sp³-hybridized carbons (Fsp3) is 0.409. The van der Waals surface area contributed by atoms with Crippen molar-refractivity contribution in [1.82, 2.24) is 4.90 Å². The minimum atomic E-state index is -3.35. The average Bonchev–Trinajstić information content (AvgIpc) is 3.44. The first-order valence-electron chi connectivity index (χ1n) is 9.37. The van der Waals surface area contributed by atoms with Gasteiger partial charge < -0.3 is 4.90 Å². The van der Waals surface area contributed by atoms with Crippen LogP contribution in [0.3, 0.4) is 0 Å². The maximum atomic E-state index is 13.2. The van der Waals surface area contributed by atoms with Gasteiger partial charge in [-0.2, -0.15) is 0 Å². The molecule has 1 aliphatic carbocycles. The Morgan fingerprint density at radius 1 is 1.11 bits per heavy atom. The molecule has 5 heteroatoms. The van der Waals surface area contributed by atoms with Crippen LogP contribution in [0.2, 0.25) is 0 Å². The molecule has 1 amide bonds. The number of hydrogen-bond donors (Lipinski definition) is 0. The van der Waals surface area contributed by atoms with Crippen molar-refractivity contribution in [3.05, 3.63) is 64.7 Å². The predicted octanol–water partition coefficient (Wildman–Crippen LogP) is 4.33. The molecule has 0 spiro atoms. The predicted molar refractivity (Wildman–Crippen MR) is 108 cm³/mol. The Kier molecular flexibility index (Phi) is 5.43. The van der Waals surface area contributed by atoms with Gasteiger partial charge in [-0.1, -0.05) is 44.2 Å². The fourth-order valence-electron chi connectivity index (χ4n) is 3.17. The lowest BCUT2D eigenvalue weighted by Crippen LogP contribution is -2.33. The van der Waals surface area contributed by atoms with E-state index in [-0.39, 0.29) is 16.8 Å². The molecule has 0 radical (unpaired) electrons. The van der Waals surface area contributed by atoms with Crippen molar-refractivity contribution in [2.24, 2.45) is 0 Å². The number of hydrogen-bond acceptors (Lipinski definition) is 3. The van der Waals surface area contributed by atoms with Gasteiger partial charge >= 0.3 is 0 Å². The number of rotatable bonds is 6. The Balaban J connectivity index is 1.88. The molecule has 0 bridgehead atoms. The van der Waals surface area contributed by atoms with Crippen LogP contribution >= 0.6 is 0 Å². The Morgan fingerprint density at radius 3 is 2.26 bits per heavy atom. The first kappa shape index (κ1) is 19.6. The zero-order valence-electron chi connectivity index (χ0n) is 16.4. The third-order valence-corrected chi connectivity index (χ3v) is 6.23. The molecule has 0 atom stereocenters. The summed E-state index contributed by atoms with van der Waals surface area (Å²) >= 11 is 0. The van der Waals surface area contributed by atoms with Gasteiger partial charge in [0.2, 0.25) is 0 Å². The minimum absolute atomic E-state index is 0.0894. The van der Waals surface area contributed by atoms with E-state index in [4.69, 9.17) is 0 Å². The smallest absolute Gasteiger partial charge is 0.254 e. The molecule has 2 aromatic carbocycles. The molecule has 0 unspecified atom stereocenters. The number of sulfone groups is 1. The molecule has 0 aliphatic heterocycles. The van der Waals surface area contributed by atoms with Crippen molar-refractivity contribution in [2.45, 2.75) is 57.0 Å². The number of benzene rings is 2. The van der Waals surface area contributed by atoms with Gasteiger partial charge in [0.1, 0.15) is 0 Å². The highest BCUT2D eigenvalue weighted by molar-refractivity contribution is 7.90. The quantitative estimate of drug-likeness (QED) is 0.744. The van der Waals surface area contributed by atoms with Crippen LogP contribution in [0.25, 0.3) is 0 Å². The van der Waals surface area contributed by atoms with Gasteiger partial charge in [0.05, 0.1) is 4.90 Å². The minimum Gasteiger partial charge on any atom is -0.331 e. The molecule has 3 rings (SSSR count). The second-order valence-corrected chi connectivity index (χ2v) is 9.83.